The number of hydrogen-bond acceptors (Lipinski definition) is 5. The van der Waals surface area contributed by atoms with E-state index < -0.39 is 10.8 Å². The van der Waals surface area contributed by atoms with Gasteiger partial charge < -0.3 is 14.8 Å². The number of hydrogen-bond donors (Lipinski definition) is 1. The number of nitro benzene ring substituents is 1. The summed E-state index contributed by atoms with van der Waals surface area (Å²) in [5.41, 5.74) is -0.279. The van der Waals surface area contributed by atoms with Gasteiger partial charge in [-0.1, -0.05) is 19.8 Å². The smallest absolute Gasteiger partial charge is 0.286 e. The van der Waals surface area contributed by atoms with Gasteiger partial charge in [-0.3, -0.25) is 14.9 Å². The normalized spacial score (nSPS) is 20.3. The zero-order valence-corrected chi connectivity index (χ0v) is 14.3. The van der Waals surface area contributed by atoms with Crippen molar-refractivity contribution in [1.82, 2.24) is 5.32 Å². The van der Waals surface area contributed by atoms with Gasteiger partial charge in [0.25, 0.3) is 11.6 Å². The summed E-state index contributed by atoms with van der Waals surface area (Å²) in [6.45, 7) is 4.27. The number of nitro groups is 1. The first-order valence-corrected chi connectivity index (χ1v) is 8.26. The van der Waals surface area contributed by atoms with E-state index in [2.05, 4.69) is 12.2 Å². The van der Waals surface area contributed by atoms with E-state index in [0.29, 0.717) is 18.3 Å². The van der Waals surface area contributed by atoms with Crippen molar-refractivity contribution in [2.75, 3.05) is 13.7 Å². The van der Waals surface area contributed by atoms with Crippen molar-refractivity contribution in [3.8, 4) is 11.5 Å². The molecule has 2 unspecified atom stereocenters. The number of amides is 1. The fraction of sp³-hybridized carbons (Fsp3) is 0.588. The van der Waals surface area contributed by atoms with Crippen molar-refractivity contribution in [1.29, 1.82) is 0 Å². The molecule has 132 valence electrons. The first-order valence-electron chi connectivity index (χ1n) is 8.26. The van der Waals surface area contributed by atoms with Gasteiger partial charge in [0.15, 0.2) is 11.5 Å². The standard InChI is InChI=1S/C17H24N2O5/c1-4-24-16-10-14(19(21)22)13(9-15(16)23-3)17(20)18-12-7-5-6-11(2)8-12/h9-12H,4-8H2,1-3H3,(H,18,20). The van der Waals surface area contributed by atoms with Crippen LogP contribution in [0.3, 0.4) is 0 Å². The Morgan fingerprint density at radius 1 is 1.38 bits per heavy atom. The average molecular weight is 336 g/mol. The average Bonchev–Trinajstić information content (AvgIpc) is 2.54. The van der Waals surface area contributed by atoms with Crippen molar-refractivity contribution in [2.45, 2.75) is 45.6 Å². The number of rotatable bonds is 6. The second kappa shape index (κ2) is 7.99. The van der Waals surface area contributed by atoms with Crippen molar-refractivity contribution in [3.05, 3.63) is 27.8 Å². The lowest BCUT2D eigenvalue weighted by Gasteiger charge is -2.27. The molecule has 1 amide bonds. The molecule has 1 aromatic rings. The Labute approximate surface area is 141 Å². The highest BCUT2D eigenvalue weighted by Gasteiger charge is 2.27. The van der Waals surface area contributed by atoms with E-state index in [1.807, 2.05) is 0 Å². The predicted molar refractivity (Wildman–Crippen MR) is 89.7 cm³/mol. The molecule has 1 saturated carbocycles. The molecule has 1 aromatic carbocycles. The number of methoxy groups -OCH3 is 1. The van der Waals surface area contributed by atoms with Crippen LogP contribution in [-0.2, 0) is 0 Å². The van der Waals surface area contributed by atoms with Crippen LogP contribution in [0.25, 0.3) is 0 Å². The zero-order chi connectivity index (χ0) is 17.7. The van der Waals surface area contributed by atoms with Crippen LogP contribution in [0.1, 0.15) is 49.9 Å². The van der Waals surface area contributed by atoms with E-state index in [1.165, 1.54) is 19.2 Å². The third-order valence-electron chi connectivity index (χ3n) is 4.29. The molecule has 2 rings (SSSR count). The Morgan fingerprint density at radius 2 is 2.12 bits per heavy atom. The van der Waals surface area contributed by atoms with E-state index in [4.69, 9.17) is 9.47 Å². The number of nitrogens with zero attached hydrogens (tertiary/aromatic N) is 1. The monoisotopic (exact) mass is 336 g/mol. The molecule has 0 saturated heterocycles. The van der Waals surface area contributed by atoms with Gasteiger partial charge in [0.2, 0.25) is 0 Å². The Morgan fingerprint density at radius 3 is 2.71 bits per heavy atom. The molecule has 7 heteroatoms. The molecule has 0 spiro atoms. The summed E-state index contributed by atoms with van der Waals surface area (Å²) in [7, 11) is 1.44. The first-order chi connectivity index (χ1) is 11.5. The van der Waals surface area contributed by atoms with Crippen LogP contribution >= 0.6 is 0 Å². The van der Waals surface area contributed by atoms with E-state index in [0.717, 1.165) is 25.7 Å². The molecule has 0 radical (unpaired) electrons. The van der Waals surface area contributed by atoms with Gasteiger partial charge in [-0.05, 0) is 25.7 Å². The Hall–Kier alpha value is -2.31. The fourth-order valence-corrected chi connectivity index (χ4v) is 3.14. The SMILES string of the molecule is CCOc1cc([N+](=O)[O-])c(C(=O)NC2CCCC(C)C2)cc1OC. The summed E-state index contributed by atoms with van der Waals surface area (Å²) in [4.78, 5) is 23.4. The van der Waals surface area contributed by atoms with E-state index in [-0.39, 0.29) is 23.0 Å². The van der Waals surface area contributed by atoms with E-state index >= 15 is 0 Å². The maximum Gasteiger partial charge on any atom is 0.286 e. The first kappa shape index (κ1) is 18.0. The Kier molecular flexibility index (Phi) is 6.00. The van der Waals surface area contributed by atoms with Gasteiger partial charge in [0.05, 0.1) is 24.7 Å². The molecule has 7 nitrogen and oxygen atoms in total. The molecule has 0 aliphatic heterocycles. The molecule has 1 fully saturated rings. The highest BCUT2D eigenvalue weighted by Crippen LogP contribution is 2.35. The van der Waals surface area contributed by atoms with Gasteiger partial charge in [-0.25, -0.2) is 0 Å². The molecule has 1 N–H and O–H groups in total. The zero-order valence-electron chi connectivity index (χ0n) is 14.3. The van der Waals surface area contributed by atoms with Gasteiger partial charge in [0.1, 0.15) is 5.56 Å². The summed E-state index contributed by atoms with van der Waals surface area (Å²) in [6.07, 6.45) is 4.01. The lowest BCUT2D eigenvalue weighted by Crippen LogP contribution is -2.38. The largest absolute Gasteiger partial charge is 0.493 e. The van der Waals surface area contributed by atoms with Crippen LogP contribution in [0.15, 0.2) is 12.1 Å². The molecule has 2 atom stereocenters. The van der Waals surface area contributed by atoms with Gasteiger partial charge in [-0.2, -0.15) is 0 Å². The van der Waals surface area contributed by atoms with Gasteiger partial charge in [0, 0.05) is 12.1 Å². The number of benzene rings is 1. The summed E-state index contributed by atoms with van der Waals surface area (Å²) < 4.78 is 10.6. The molecule has 0 bridgehead atoms. The van der Waals surface area contributed by atoms with Crippen molar-refractivity contribution in [3.63, 3.8) is 0 Å². The van der Waals surface area contributed by atoms with Crippen LogP contribution in [0, 0.1) is 16.0 Å². The molecule has 24 heavy (non-hydrogen) atoms. The predicted octanol–water partition coefficient (Wildman–Crippen LogP) is 3.31. The topological polar surface area (TPSA) is 90.7 Å². The number of carbonyl (C=O) groups is 1. The van der Waals surface area contributed by atoms with Crippen molar-refractivity contribution >= 4 is 11.6 Å². The highest BCUT2D eigenvalue weighted by molar-refractivity contribution is 5.99. The quantitative estimate of drug-likeness (QED) is 0.636. The van der Waals surface area contributed by atoms with Crippen LogP contribution in [0.4, 0.5) is 5.69 Å². The summed E-state index contributed by atoms with van der Waals surface area (Å²) in [5, 5.41) is 14.3. The van der Waals surface area contributed by atoms with Crippen molar-refractivity contribution in [2.24, 2.45) is 5.92 Å². The minimum Gasteiger partial charge on any atom is -0.493 e. The lowest BCUT2D eigenvalue weighted by molar-refractivity contribution is -0.385. The Bertz CT molecular complexity index is 617. The van der Waals surface area contributed by atoms with E-state index in [9.17, 15) is 14.9 Å². The minimum atomic E-state index is -0.569. The van der Waals surface area contributed by atoms with Crippen LogP contribution in [-0.4, -0.2) is 30.6 Å². The third kappa shape index (κ3) is 4.15. The third-order valence-corrected chi connectivity index (χ3v) is 4.29. The molecular formula is C17H24N2O5. The highest BCUT2D eigenvalue weighted by atomic mass is 16.6. The number of ether oxygens (including phenoxy) is 2. The van der Waals surface area contributed by atoms with Gasteiger partial charge in [-0.15, -0.1) is 0 Å². The molecular weight excluding hydrogens is 312 g/mol. The van der Waals surface area contributed by atoms with Crippen LogP contribution in [0.5, 0.6) is 11.5 Å². The lowest BCUT2D eigenvalue weighted by atomic mass is 9.87. The van der Waals surface area contributed by atoms with Gasteiger partial charge >= 0.3 is 0 Å². The van der Waals surface area contributed by atoms with Crippen LogP contribution in [0.2, 0.25) is 0 Å². The summed E-state index contributed by atoms with van der Waals surface area (Å²) >= 11 is 0. The second-order valence-corrected chi connectivity index (χ2v) is 6.15. The molecule has 1 aliphatic rings. The molecule has 0 heterocycles. The fourth-order valence-electron chi connectivity index (χ4n) is 3.14. The Balaban J connectivity index is 2.29. The summed E-state index contributed by atoms with van der Waals surface area (Å²) in [5.74, 6) is 0.676. The van der Waals surface area contributed by atoms with Crippen LogP contribution < -0.4 is 14.8 Å². The molecule has 0 aromatic heterocycles. The maximum atomic E-state index is 12.6. The second-order valence-electron chi connectivity index (χ2n) is 6.15. The van der Waals surface area contributed by atoms with Crippen molar-refractivity contribution < 1.29 is 19.2 Å². The molecule has 1 aliphatic carbocycles. The van der Waals surface area contributed by atoms with E-state index in [1.54, 1.807) is 6.92 Å². The minimum absolute atomic E-state index is 0.00136. The number of nitrogens with one attached hydrogen (secondary N) is 1. The summed E-state index contributed by atoms with van der Waals surface area (Å²) in [6, 6.07) is 2.68. The number of carbonyl (C=O) groups excluding carboxylic acids is 1. The maximum absolute atomic E-state index is 12.6.